The van der Waals surface area contributed by atoms with Gasteiger partial charge in [0.1, 0.15) is 41.3 Å². The molecule has 3 heterocycles. The van der Waals surface area contributed by atoms with Gasteiger partial charge in [-0.15, -0.1) is 0 Å². The van der Waals surface area contributed by atoms with Crippen LogP contribution in [0.5, 0.6) is 23.0 Å². The second-order valence-corrected chi connectivity index (χ2v) is 15.0. The molecule has 2 atom stereocenters. The summed E-state index contributed by atoms with van der Waals surface area (Å²) in [6.45, 7) is 6.45. The predicted molar refractivity (Wildman–Crippen MR) is 227 cm³/mol. The van der Waals surface area contributed by atoms with E-state index in [0.29, 0.717) is 17.0 Å². The van der Waals surface area contributed by atoms with Crippen LogP contribution in [0, 0.1) is 0 Å². The molecule has 5 aromatic rings. The van der Waals surface area contributed by atoms with Crippen molar-refractivity contribution in [1.29, 1.82) is 0 Å². The van der Waals surface area contributed by atoms with E-state index < -0.39 is 72.5 Å². The number of rotatable bonds is 25. The van der Waals surface area contributed by atoms with E-state index in [4.69, 9.17) is 28.3 Å². The lowest BCUT2D eigenvalue weighted by Crippen LogP contribution is -2.39. The number of phenolic OH excluding ortho intramolecular Hbond substituents is 1. The normalized spacial score (nSPS) is 12.2. The van der Waals surface area contributed by atoms with E-state index in [2.05, 4.69) is 30.9 Å². The molecule has 0 amide bonds. The Labute approximate surface area is 356 Å². The molecule has 0 fully saturated rings. The van der Waals surface area contributed by atoms with E-state index >= 15 is 0 Å². The number of nitrogens with one attached hydrogen (secondary N) is 4. The van der Waals surface area contributed by atoms with E-state index in [-0.39, 0.29) is 70.4 Å². The number of imidazole rings is 2. The summed E-state index contributed by atoms with van der Waals surface area (Å²) < 4.78 is 24.1. The number of methoxy groups -OCH3 is 1. The number of nitrogens with zero attached hydrogens (tertiary/aromatic N) is 2. The maximum atomic E-state index is 14.6. The number of benzene rings is 2. The molecule has 0 unspecified atom stereocenters. The van der Waals surface area contributed by atoms with Crippen LogP contribution in [0.4, 0.5) is 0 Å². The molecule has 0 bridgehead atoms. The van der Waals surface area contributed by atoms with Gasteiger partial charge in [0.2, 0.25) is 5.43 Å². The van der Waals surface area contributed by atoms with Crippen molar-refractivity contribution in [2.24, 2.45) is 0 Å². The van der Waals surface area contributed by atoms with E-state index in [1.807, 2.05) is 39.8 Å². The number of Topliss-reactive ketones (excluding diaryl/α,β-unsaturated/α-hetero) is 4. The van der Waals surface area contributed by atoms with E-state index in [1.54, 1.807) is 12.4 Å². The van der Waals surface area contributed by atoms with Crippen LogP contribution >= 0.6 is 0 Å². The molecule has 330 valence electrons. The number of aromatic nitrogens is 4. The number of hydrogen-bond acceptors (Lipinski definition) is 16. The number of aromatic amines is 2. The highest BCUT2D eigenvalue weighted by Gasteiger charge is 2.28. The number of hydroxylamine groups is 2. The molecule has 0 aliphatic heterocycles. The largest absolute Gasteiger partial charge is 0.507 e. The summed E-state index contributed by atoms with van der Waals surface area (Å²) >= 11 is 0. The van der Waals surface area contributed by atoms with Crippen LogP contribution in [-0.4, -0.2) is 94.8 Å². The second kappa shape index (κ2) is 21.9. The van der Waals surface area contributed by atoms with Crippen molar-refractivity contribution < 1.29 is 52.6 Å². The third-order valence-corrected chi connectivity index (χ3v) is 9.70. The second-order valence-electron chi connectivity index (χ2n) is 15.0. The van der Waals surface area contributed by atoms with Gasteiger partial charge in [-0.2, -0.15) is 11.0 Å². The van der Waals surface area contributed by atoms with E-state index in [0.717, 1.165) is 11.1 Å². The van der Waals surface area contributed by atoms with Gasteiger partial charge in [-0.3, -0.25) is 24.0 Å². The Morgan fingerprint density at radius 2 is 1.23 bits per heavy atom. The maximum Gasteiger partial charge on any atom is 0.204 e. The average Bonchev–Trinajstić information content (AvgIpc) is 3.95. The number of ether oxygens (including phenoxy) is 3. The SMILES string of the molecule is CON[C@@H](Cc1c[nH]cn1)C(=O)CC(=O)COc1cc2oc3cc(OCC(=O)CC(=O)[C@H](Cc4c[nH]cn4)NOC)c(OC)c(CC=C(C)C)c3c(=O)c2c(O)c1CC=C(C)C. The Balaban J connectivity index is 1.49. The zero-order valence-electron chi connectivity index (χ0n) is 35.8. The van der Waals surface area contributed by atoms with E-state index in [9.17, 15) is 29.1 Å². The lowest BCUT2D eigenvalue weighted by molar-refractivity contribution is -0.132. The number of allylic oxidation sites excluding steroid dienone is 4. The first-order valence-corrected chi connectivity index (χ1v) is 19.7. The van der Waals surface area contributed by atoms with Crippen LogP contribution in [-0.2, 0) is 54.5 Å². The average molecular weight is 857 g/mol. The molecule has 0 spiro atoms. The van der Waals surface area contributed by atoms with Crippen molar-refractivity contribution in [3.05, 3.63) is 93.2 Å². The lowest BCUT2D eigenvalue weighted by Gasteiger charge is -2.18. The summed E-state index contributed by atoms with van der Waals surface area (Å²) in [7, 11) is 4.12. The molecule has 3 aromatic heterocycles. The van der Waals surface area contributed by atoms with Crippen LogP contribution in [0.1, 0.15) is 63.1 Å². The number of carbonyl (C=O) groups excluding carboxylic acids is 4. The van der Waals surface area contributed by atoms with Gasteiger partial charge in [0.25, 0.3) is 0 Å². The van der Waals surface area contributed by atoms with Gasteiger partial charge >= 0.3 is 0 Å². The Morgan fingerprint density at radius 1 is 0.742 bits per heavy atom. The fourth-order valence-corrected chi connectivity index (χ4v) is 6.67. The highest BCUT2D eigenvalue weighted by Crippen LogP contribution is 2.42. The number of ketones is 4. The number of hydrogen-bond donors (Lipinski definition) is 5. The molecule has 0 aliphatic rings. The smallest absolute Gasteiger partial charge is 0.204 e. The van der Waals surface area contributed by atoms with Crippen molar-refractivity contribution in [3.8, 4) is 23.0 Å². The minimum Gasteiger partial charge on any atom is -0.507 e. The Kier molecular flexibility index (Phi) is 16.4. The van der Waals surface area contributed by atoms with Gasteiger partial charge in [0.05, 0.1) is 75.7 Å². The molecule has 5 N–H and O–H groups in total. The maximum absolute atomic E-state index is 14.6. The molecule has 0 aliphatic carbocycles. The first kappa shape index (κ1) is 46.6. The van der Waals surface area contributed by atoms with Crippen LogP contribution in [0.2, 0.25) is 0 Å². The zero-order valence-corrected chi connectivity index (χ0v) is 35.8. The molecule has 2 aromatic carbocycles. The van der Waals surface area contributed by atoms with E-state index in [1.165, 1.54) is 46.1 Å². The Bertz CT molecular complexity index is 2500. The van der Waals surface area contributed by atoms with Gasteiger partial charge in [0, 0.05) is 48.5 Å². The number of carbonyl (C=O) groups is 4. The molecule has 5 rings (SSSR count). The van der Waals surface area contributed by atoms with Crippen molar-refractivity contribution in [2.75, 3.05) is 34.5 Å². The Hall–Kier alpha value is -6.47. The molecular formula is C44H52N6O12. The van der Waals surface area contributed by atoms with Crippen molar-refractivity contribution in [3.63, 3.8) is 0 Å². The topological polar surface area (TPSA) is 246 Å². The minimum absolute atomic E-state index is 0.0417. The number of H-pyrrole nitrogens is 2. The van der Waals surface area contributed by atoms with Gasteiger partial charge in [-0.25, -0.2) is 9.97 Å². The molecular weight excluding hydrogens is 805 g/mol. The van der Waals surface area contributed by atoms with Crippen molar-refractivity contribution in [2.45, 2.75) is 78.3 Å². The number of aromatic hydroxyl groups is 1. The summed E-state index contributed by atoms with van der Waals surface area (Å²) in [6, 6.07) is 1.11. The predicted octanol–water partition coefficient (Wildman–Crippen LogP) is 4.46. The monoisotopic (exact) mass is 856 g/mol. The van der Waals surface area contributed by atoms with Gasteiger partial charge in [-0.05, 0) is 40.5 Å². The Morgan fingerprint density at radius 3 is 1.69 bits per heavy atom. The van der Waals surface area contributed by atoms with Crippen LogP contribution < -0.4 is 30.6 Å². The number of fused-ring (bicyclic) bond motifs is 2. The first-order valence-electron chi connectivity index (χ1n) is 19.7. The van der Waals surface area contributed by atoms with Crippen molar-refractivity contribution in [1.82, 2.24) is 30.9 Å². The summed E-state index contributed by atoms with van der Waals surface area (Å²) in [5.74, 6) is -2.12. The fraction of sp³-hybridized carbons (Fsp3) is 0.386. The highest BCUT2D eigenvalue weighted by atomic mass is 16.6. The quantitative estimate of drug-likeness (QED) is 0.0235. The molecule has 62 heavy (non-hydrogen) atoms. The molecule has 0 saturated heterocycles. The van der Waals surface area contributed by atoms with Crippen LogP contribution in [0.3, 0.4) is 0 Å². The van der Waals surface area contributed by atoms with Gasteiger partial charge in [0.15, 0.2) is 34.6 Å². The first-order chi connectivity index (χ1) is 29.7. The van der Waals surface area contributed by atoms with Crippen LogP contribution in [0.15, 0.2) is 69.7 Å². The molecule has 18 nitrogen and oxygen atoms in total. The fourth-order valence-electron chi connectivity index (χ4n) is 6.67. The molecule has 0 saturated carbocycles. The standard InChI is InChI=1S/C44H52N6O12/c1-24(2)8-10-30-36(60-20-28(51)14-34(53)32(49-58-6)12-26-18-45-22-47-26)16-38-41(42(30)55)43(56)40-31(11-9-25(3)4)44(57-5)39(17-37(40)62-38)61-21-29(52)15-35(54)33(50-59-7)13-27-19-46-23-48-27/h8-9,16-19,22-23,32-33,49-50,55H,10-15,20-21H2,1-7H3,(H,45,47)(H,46,48)/t32-,33-/m0/s1. The summed E-state index contributed by atoms with van der Waals surface area (Å²) in [6.07, 6.45) is 9.64. The van der Waals surface area contributed by atoms with Gasteiger partial charge < -0.3 is 43.4 Å². The number of phenols is 1. The summed E-state index contributed by atoms with van der Waals surface area (Å²) in [5, 5.41) is 11.8. The highest BCUT2D eigenvalue weighted by molar-refractivity contribution is 6.03. The van der Waals surface area contributed by atoms with Crippen LogP contribution in [0.25, 0.3) is 21.9 Å². The molecule has 18 heteroatoms. The summed E-state index contributed by atoms with van der Waals surface area (Å²) in [5.41, 5.74) is 8.26. The van der Waals surface area contributed by atoms with Gasteiger partial charge in [-0.1, -0.05) is 23.3 Å². The third-order valence-electron chi connectivity index (χ3n) is 9.70. The lowest BCUT2D eigenvalue weighted by atomic mass is 9.98. The van der Waals surface area contributed by atoms with Crippen molar-refractivity contribution >= 4 is 45.1 Å². The minimum atomic E-state index is -0.856. The molecule has 0 radical (unpaired) electrons. The third kappa shape index (κ3) is 11.9. The zero-order chi connectivity index (χ0) is 44.9. The summed E-state index contributed by atoms with van der Waals surface area (Å²) in [4.78, 5) is 91.0.